The average Bonchev–Trinajstić information content (AvgIpc) is 3.43. The van der Waals surface area contributed by atoms with Crippen molar-refractivity contribution in [3.8, 4) is 0 Å². The average molecular weight is 342 g/mol. The fraction of sp³-hybridized carbons (Fsp3) is 0.500. The molecule has 134 valence electrons. The zero-order chi connectivity index (χ0) is 17.7. The second kappa shape index (κ2) is 7.83. The number of rotatable bonds is 6. The van der Waals surface area contributed by atoms with E-state index in [1.807, 2.05) is 12.1 Å². The second-order valence-corrected chi connectivity index (χ2v) is 7.21. The summed E-state index contributed by atoms with van der Waals surface area (Å²) in [5.74, 6) is -0.258. The normalized spacial score (nSPS) is 19.6. The third-order valence-electron chi connectivity index (χ3n) is 4.89. The van der Waals surface area contributed by atoms with E-state index in [-0.39, 0.29) is 11.8 Å². The zero-order valence-electron chi connectivity index (χ0n) is 14.5. The lowest BCUT2D eigenvalue weighted by atomic mass is 9.85. The van der Waals surface area contributed by atoms with E-state index in [1.54, 1.807) is 18.2 Å². The highest BCUT2D eigenvalue weighted by Crippen LogP contribution is 2.27. The molecule has 2 fully saturated rings. The third kappa shape index (κ3) is 5.43. The number of carbonyl (C=O) groups excluding carboxylic acids is 2. The smallest absolute Gasteiger partial charge is 0.251 e. The van der Waals surface area contributed by atoms with Gasteiger partial charge >= 0.3 is 0 Å². The first-order valence-electron chi connectivity index (χ1n) is 9.13. The molecule has 1 aromatic rings. The minimum absolute atomic E-state index is 0.0449. The van der Waals surface area contributed by atoms with E-state index in [0.717, 1.165) is 50.5 Å². The van der Waals surface area contributed by atoms with Gasteiger partial charge in [0.2, 0.25) is 5.91 Å². The summed E-state index contributed by atoms with van der Waals surface area (Å²) in [5, 5.41) is 16.1. The van der Waals surface area contributed by atoms with Gasteiger partial charge in [0, 0.05) is 24.2 Å². The summed E-state index contributed by atoms with van der Waals surface area (Å²) in [7, 11) is 0. The second-order valence-electron chi connectivity index (χ2n) is 7.21. The lowest BCUT2D eigenvalue weighted by Gasteiger charge is -2.31. The van der Waals surface area contributed by atoms with Gasteiger partial charge < -0.3 is 15.7 Å². The first-order chi connectivity index (χ1) is 12.0. The highest BCUT2D eigenvalue weighted by Gasteiger charge is 2.29. The van der Waals surface area contributed by atoms with Crippen LogP contribution < -0.4 is 10.6 Å². The monoisotopic (exact) mass is 342 g/mol. The van der Waals surface area contributed by atoms with E-state index < -0.39 is 5.60 Å². The highest BCUT2D eigenvalue weighted by molar-refractivity contribution is 5.95. The van der Waals surface area contributed by atoms with Crippen LogP contribution in [0.15, 0.2) is 30.3 Å². The molecule has 3 N–H and O–H groups in total. The maximum Gasteiger partial charge on any atom is 0.251 e. The summed E-state index contributed by atoms with van der Waals surface area (Å²) in [5.41, 5.74) is 0.737. The summed E-state index contributed by atoms with van der Waals surface area (Å²) in [6.07, 6.45) is 10.0. The maximum absolute atomic E-state index is 11.9. The van der Waals surface area contributed by atoms with Crippen molar-refractivity contribution in [3.63, 3.8) is 0 Å². The van der Waals surface area contributed by atoms with E-state index in [4.69, 9.17) is 0 Å². The van der Waals surface area contributed by atoms with Gasteiger partial charge in [-0.1, -0.05) is 31.4 Å². The number of benzene rings is 1. The first kappa shape index (κ1) is 17.7. The Morgan fingerprint density at radius 1 is 1.12 bits per heavy atom. The number of aliphatic hydroxyl groups is 1. The largest absolute Gasteiger partial charge is 0.388 e. The van der Waals surface area contributed by atoms with Crippen LogP contribution in [0.2, 0.25) is 0 Å². The van der Waals surface area contributed by atoms with Crippen molar-refractivity contribution in [1.82, 2.24) is 10.6 Å². The van der Waals surface area contributed by atoms with Gasteiger partial charge in [-0.05, 0) is 49.5 Å². The Hall–Kier alpha value is -2.14. The van der Waals surface area contributed by atoms with Gasteiger partial charge in [-0.25, -0.2) is 0 Å². The van der Waals surface area contributed by atoms with Gasteiger partial charge in [0.25, 0.3) is 5.91 Å². The standard InChI is InChI=1S/C20H26N2O3/c23-18(21-14-20(25)12-2-1-3-13-20)11-6-15-4-7-16(8-5-15)19(24)22-17-9-10-17/h4-8,11,17,25H,1-3,9-10,12-14H2,(H,21,23)(H,22,24). The predicted molar refractivity (Wildman–Crippen MR) is 97.0 cm³/mol. The Morgan fingerprint density at radius 2 is 1.80 bits per heavy atom. The molecule has 3 rings (SSSR count). The minimum Gasteiger partial charge on any atom is -0.388 e. The van der Waals surface area contributed by atoms with E-state index in [9.17, 15) is 14.7 Å². The van der Waals surface area contributed by atoms with Crippen LogP contribution >= 0.6 is 0 Å². The SMILES string of the molecule is O=C(C=Cc1ccc(C(=O)NC2CC2)cc1)NCC1(O)CCCCC1. The number of amides is 2. The Bertz CT molecular complexity index is 641. The third-order valence-corrected chi connectivity index (χ3v) is 4.89. The molecule has 0 spiro atoms. The van der Waals surface area contributed by atoms with Crippen molar-refractivity contribution in [1.29, 1.82) is 0 Å². The van der Waals surface area contributed by atoms with Crippen molar-refractivity contribution < 1.29 is 14.7 Å². The van der Waals surface area contributed by atoms with Crippen LogP contribution in [0.1, 0.15) is 60.9 Å². The fourth-order valence-electron chi connectivity index (χ4n) is 3.11. The lowest BCUT2D eigenvalue weighted by molar-refractivity contribution is -0.118. The first-order valence-corrected chi connectivity index (χ1v) is 9.13. The molecular weight excluding hydrogens is 316 g/mol. The highest BCUT2D eigenvalue weighted by atomic mass is 16.3. The number of hydrogen-bond acceptors (Lipinski definition) is 3. The van der Waals surface area contributed by atoms with E-state index in [2.05, 4.69) is 10.6 Å². The lowest BCUT2D eigenvalue weighted by Crippen LogP contribution is -2.43. The molecule has 2 saturated carbocycles. The summed E-state index contributed by atoms with van der Waals surface area (Å²) in [4.78, 5) is 23.9. The van der Waals surface area contributed by atoms with Gasteiger partial charge in [-0.2, -0.15) is 0 Å². The van der Waals surface area contributed by atoms with Crippen LogP contribution in [0, 0.1) is 0 Å². The van der Waals surface area contributed by atoms with Gasteiger partial charge in [-0.3, -0.25) is 9.59 Å². The summed E-state index contributed by atoms with van der Waals surface area (Å²) >= 11 is 0. The van der Waals surface area contributed by atoms with Crippen LogP contribution in [0.4, 0.5) is 0 Å². The Labute approximate surface area is 148 Å². The van der Waals surface area contributed by atoms with Crippen molar-refractivity contribution in [3.05, 3.63) is 41.5 Å². The van der Waals surface area contributed by atoms with Crippen LogP contribution in [0.25, 0.3) is 6.08 Å². The summed E-state index contributed by atoms with van der Waals surface area (Å²) in [6.45, 7) is 0.302. The molecular formula is C20H26N2O3. The maximum atomic E-state index is 11.9. The molecule has 0 bridgehead atoms. The van der Waals surface area contributed by atoms with Crippen molar-refractivity contribution in [2.24, 2.45) is 0 Å². The number of carbonyl (C=O) groups is 2. The molecule has 2 aliphatic rings. The number of nitrogens with one attached hydrogen (secondary N) is 2. The summed E-state index contributed by atoms with van der Waals surface area (Å²) in [6, 6.07) is 7.51. The molecule has 0 aliphatic heterocycles. The van der Waals surface area contributed by atoms with Crippen LogP contribution in [-0.4, -0.2) is 35.1 Å². The zero-order valence-corrected chi connectivity index (χ0v) is 14.5. The molecule has 2 amide bonds. The van der Waals surface area contributed by atoms with Crippen LogP contribution in [-0.2, 0) is 4.79 Å². The van der Waals surface area contributed by atoms with E-state index in [1.165, 1.54) is 6.08 Å². The molecule has 0 atom stereocenters. The van der Waals surface area contributed by atoms with Gasteiger partial charge in [0.15, 0.2) is 0 Å². The van der Waals surface area contributed by atoms with E-state index in [0.29, 0.717) is 18.2 Å². The fourth-order valence-corrected chi connectivity index (χ4v) is 3.11. The molecule has 5 nitrogen and oxygen atoms in total. The quantitative estimate of drug-likeness (QED) is 0.695. The Kier molecular flexibility index (Phi) is 5.53. The molecule has 25 heavy (non-hydrogen) atoms. The van der Waals surface area contributed by atoms with Gasteiger partial charge in [-0.15, -0.1) is 0 Å². The molecule has 5 heteroatoms. The van der Waals surface area contributed by atoms with Crippen LogP contribution in [0.5, 0.6) is 0 Å². The van der Waals surface area contributed by atoms with E-state index >= 15 is 0 Å². The minimum atomic E-state index is -0.752. The molecule has 1 aromatic carbocycles. The Balaban J connectivity index is 1.47. The van der Waals surface area contributed by atoms with Crippen molar-refractivity contribution in [2.45, 2.75) is 56.6 Å². The van der Waals surface area contributed by atoms with Crippen molar-refractivity contribution >= 4 is 17.9 Å². The molecule has 0 saturated heterocycles. The number of hydrogen-bond donors (Lipinski definition) is 3. The molecule has 0 aromatic heterocycles. The Morgan fingerprint density at radius 3 is 2.44 bits per heavy atom. The van der Waals surface area contributed by atoms with Gasteiger partial charge in [0.1, 0.15) is 0 Å². The van der Waals surface area contributed by atoms with Crippen molar-refractivity contribution in [2.75, 3.05) is 6.54 Å². The molecule has 2 aliphatic carbocycles. The summed E-state index contributed by atoms with van der Waals surface area (Å²) < 4.78 is 0. The van der Waals surface area contributed by atoms with Gasteiger partial charge in [0.05, 0.1) is 5.60 Å². The molecule has 0 heterocycles. The van der Waals surface area contributed by atoms with Crippen LogP contribution in [0.3, 0.4) is 0 Å². The molecule has 0 radical (unpaired) electrons. The topological polar surface area (TPSA) is 78.4 Å². The molecule has 0 unspecified atom stereocenters. The predicted octanol–water partition coefficient (Wildman–Crippen LogP) is 2.40.